The number of aromatic nitrogens is 2. The summed E-state index contributed by atoms with van der Waals surface area (Å²) in [5, 5.41) is 0. The van der Waals surface area contributed by atoms with Crippen LogP contribution in [0, 0.1) is 0 Å². The Morgan fingerprint density at radius 3 is 2.68 bits per heavy atom. The SMILES string of the molecule is COc1ccc(CC(NN)c2ncccn2)cc1Br. The predicted molar refractivity (Wildman–Crippen MR) is 76.5 cm³/mol. The lowest BCUT2D eigenvalue weighted by Gasteiger charge is -2.15. The zero-order chi connectivity index (χ0) is 13.7. The van der Waals surface area contributed by atoms with Crippen LogP contribution < -0.4 is 16.0 Å². The zero-order valence-electron chi connectivity index (χ0n) is 10.5. The smallest absolute Gasteiger partial charge is 0.146 e. The highest BCUT2D eigenvalue weighted by Crippen LogP contribution is 2.27. The van der Waals surface area contributed by atoms with Crippen LogP contribution in [0.2, 0.25) is 0 Å². The molecule has 3 N–H and O–H groups in total. The minimum absolute atomic E-state index is 0.124. The second-order valence-corrected chi connectivity index (χ2v) is 4.85. The van der Waals surface area contributed by atoms with Gasteiger partial charge in [-0.15, -0.1) is 0 Å². The summed E-state index contributed by atoms with van der Waals surface area (Å²) in [5.74, 6) is 7.06. The number of benzene rings is 1. The van der Waals surface area contributed by atoms with Crippen molar-refractivity contribution in [3.63, 3.8) is 0 Å². The molecule has 0 spiro atoms. The third-order valence-corrected chi connectivity index (χ3v) is 3.37. The number of hydrogen-bond donors (Lipinski definition) is 2. The van der Waals surface area contributed by atoms with Crippen molar-refractivity contribution in [1.29, 1.82) is 0 Å². The lowest BCUT2D eigenvalue weighted by atomic mass is 10.1. The first-order valence-corrected chi connectivity index (χ1v) is 6.59. The molecule has 0 aliphatic heterocycles. The number of rotatable bonds is 5. The number of halogens is 1. The zero-order valence-corrected chi connectivity index (χ0v) is 12.1. The topological polar surface area (TPSA) is 73.1 Å². The van der Waals surface area contributed by atoms with E-state index in [1.807, 2.05) is 18.2 Å². The van der Waals surface area contributed by atoms with Crippen LogP contribution in [-0.4, -0.2) is 17.1 Å². The molecule has 1 unspecified atom stereocenters. The number of hydrogen-bond acceptors (Lipinski definition) is 5. The molecule has 0 bridgehead atoms. The summed E-state index contributed by atoms with van der Waals surface area (Å²) in [6, 6.07) is 7.57. The first kappa shape index (κ1) is 13.9. The third kappa shape index (κ3) is 3.50. The third-order valence-electron chi connectivity index (χ3n) is 2.75. The van der Waals surface area contributed by atoms with Gasteiger partial charge in [0.2, 0.25) is 0 Å². The van der Waals surface area contributed by atoms with Crippen molar-refractivity contribution in [2.75, 3.05) is 7.11 Å². The number of methoxy groups -OCH3 is 1. The maximum Gasteiger partial charge on any atom is 0.146 e. The van der Waals surface area contributed by atoms with E-state index in [0.29, 0.717) is 12.2 Å². The van der Waals surface area contributed by atoms with Gasteiger partial charge in [0.1, 0.15) is 11.6 Å². The first-order valence-electron chi connectivity index (χ1n) is 5.80. The molecule has 100 valence electrons. The standard InChI is InChI=1S/C13H15BrN4O/c1-19-12-4-3-9(7-10(12)14)8-11(18-15)13-16-5-2-6-17-13/h2-7,11,18H,8,15H2,1H3. The Hall–Kier alpha value is -1.50. The summed E-state index contributed by atoms with van der Waals surface area (Å²) in [4.78, 5) is 8.42. The van der Waals surface area contributed by atoms with Gasteiger partial charge in [-0.2, -0.15) is 0 Å². The Balaban J connectivity index is 2.17. The minimum Gasteiger partial charge on any atom is -0.496 e. The highest BCUT2D eigenvalue weighted by molar-refractivity contribution is 9.10. The summed E-state index contributed by atoms with van der Waals surface area (Å²) < 4.78 is 6.12. The molecule has 2 aromatic rings. The predicted octanol–water partition coefficient (Wildman–Crippen LogP) is 1.99. The van der Waals surface area contributed by atoms with E-state index < -0.39 is 0 Å². The van der Waals surface area contributed by atoms with Crippen molar-refractivity contribution >= 4 is 15.9 Å². The lowest BCUT2D eigenvalue weighted by molar-refractivity contribution is 0.412. The number of nitrogens with zero attached hydrogens (tertiary/aromatic N) is 2. The van der Waals surface area contributed by atoms with E-state index in [-0.39, 0.29) is 6.04 Å². The highest BCUT2D eigenvalue weighted by atomic mass is 79.9. The molecule has 1 atom stereocenters. The second-order valence-electron chi connectivity index (χ2n) is 4.00. The summed E-state index contributed by atoms with van der Waals surface area (Å²) in [6.07, 6.45) is 4.11. The van der Waals surface area contributed by atoms with E-state index >= 15 is 0 Å². The molecule has 1 heterocycles. The van der Waals surface area contributed by atoms with Crippen LogP contribution in [0.15, 0.2) is 41.1 Å². The monoisotopic (exact) mass is 322 g/mol. The van der Waals surface area contributed by atoms with E-state index in [1.165, 1.54) is 0 Å². The van der Waals surface area contributed by atoms with Crippen molar-refractivity contribution < 1.29 is 4.74 Å². The molecule has 1 aromatic carbocycles. The second kappa shape index (κ2) is 6.60. The molecule has 0 saturated heterocycles. The molecule has 0 aliphatic rings. The van der Waals surface area contributed by atoms with Gasteiger partial charge in [-0.25, -0.2) is 15.4 Å². The van der Waals surface area contributed by atoms with E-state index in [0.717, 1.165) is 15.8 Å². The number of nitrogens with two attached hydrogens (primary N) is 1. The van der Waals surface area contributed by atoms with Gasteiger partial charge in [0.25, 0.3) is 0 Å². The van der Waals surface area contributed by atoms with Gasteiger partial charge in [-0.3, -0.25) is 5.84 Å². The molecule has 0 saturated carbocycles. The van der Waals surface area contributed by atoms with Crippen LogP contribution >= 0.6 is 15.9 Å². The van der Waals surface area contributed by atoms with Gasteiger partial charge < -0.3 is 4.74 Å². The summed E-state index contributed by atoms with van der Waals surface area (Å²) >= 11 is 3.47. The van der Waals surface area contributed by atoms with Crippen LogP contribution in [0.4, 0.5) is 0 Å². The summed E-state index contributed by atoms with van der Waals surface area (Å²) in [6.45, 7) is 0. The van der Waals surface area contributed by atoms with E-state index in [2.05, 4.69) is 31.3 Å². The average molecular weight is 323 g/mol. The fourth-order valence-corrected chi connectivity index (χ4v) is 2.38. The molecule has 0 amide bonds. The summed E-state index contributed by atoms with van der Waals surface area (Å²) in [5.41, 5.74) is 3.86. The van der Waals surface area contributed by atoms with Gasteiger partial charge >= 0.3 is 0 Å². The van der Waals surface area contributed by atoms with Crippen LogP contribution in [-0.2, 0) is 6.42 Å². The van der Waals surface area contributed by atoms with Crippen molar-refractivity contribution in [3.05, 3.63) is 52.5 Å². The van der Waals surface area contributed by atoms with Gasteiger partial charge in [-0.1, -0.05) is 6.07 Å². The number of ether oxygens (including phenoxy) is 1. The van der Waals surface area contributed by atoms with Crippen molar-refractivity contribution in [1.82, 2.24) is 15.4 Å². The Morgan fingerprint density at radius 1 is 1.37 bits per heavy atom. The molecular formula is C13H15BrN4O. The van der Waals surface area contributed by atoms with E-state index in [4.69, 9.17) is 10.6 Å². The molecule has 1 aromatic heterocycles. The largest absolute Gasteiger partial charge is 0.496 e. The average Bonchev–Trinajstić information content (AvgIpc) is 2.46. The van der Waals surface area contributed by atoms with E-state index in [9.17, 15) is 0 Å². The fourth-order valence-electron chi connectivity index (χ4n) is 1.79. The normalized spacial score (nSPS) is 12.2. The Kier molecular flexibility index (Phi) is 4.84. The lowest BCUT2D eigenvalue weighted by Crippen LogP contribution is -2.30. The molecular weight excluding hydrogens is 308 g/mol. The number of hydrazine groups is 1. The van der Waals surface area contributed by atoms with Crippen LogP contribution in [0.1, 0.15) is 17.4 Å². The van der Waals surface area contributed by atoms with Crippen LogP contribution in [0.25, 0.3) is 0 Å². The molecule has 5 nitrogen and oxygen atoms in total. The molecule has 2 rings (SSSR count). The van der Waals surface area contributed by atoms with Gasteiger partial charge in [0, 0.05) is 12.4 Å². The van der Waals surface area contributed by atoms with Crippen molar-refractivity contribution in [2.45, 2.75) is 12.5 Å². The molecule has 0 radical (unpaired) electrons. The highest BCUT2D eigenvalue weighted by Gasteiger charge is 2.13. The van der Waals surface area contributed by atoms with Crippen molar-refractivity contribution in [3.8, 4) is 5.75 Å². The minimum atomic E-state index is -0.124. The molecule has 0 aliphatic carbocycles. The maximum absolute atomic E-state index is 5.58. The quantitative estimate of drug-likeness (QED) is 0.650. The van der Waals surface area contributed by atoms with E-state index in [1.54, 1.807) is 25.6 Å². The first-order chi connectivity index (χ1) is 9.24. The van der Waals surface area contributed by atoms with Gasteiger partial charge in [0.05, 0.1) is 17.6 Å². The Labute approximate surface area is 120 Å². The van der Waals surface area contributed by atoms with Gasteiger partial charge in [-0.05, 0) is 46.1 Å². The Morgan fingerprint density at radius 2 is 2.11 bits per heavy atom. The van der Waals surface area contributed by atoms with Gasteiger partial charge in [0.15, 0.2) is 0 Å². The van der Waals surface area contributed by atoms with Crippen LogP contribution in [0.3, 0.4) is 0 Å². The summed E-state index contributed by atoms with van der Waals surface area (Å²) in [7, 11) is 1.64. The number of nitrogens with one attached hydrogen (secondary N) is 1. The molecule has 19 heavy (non-hydrogen) atoms. The molecule has 0 fully saturated rings. The maximum atomic E-state index is 5.58. The molecule has 6 heteroatoms. The fraction of sp³-hybridized carbons (Fsp3) is 0.231. The van der Waals surface area contributed by atoms with Crippen molar-refractivity contribution in [2.24, 2.45) is 5.84 Å². The Bertz CT molecular complexity index is 535. The van der Waals surface area contributed by atoms with Crippen LogP contribution in [0.5, 0.6) is 5.75 Å².